The van der Waals surface area contributed by atoms with E-state index in [1.54, 1.807) is 0 Å². The van der Waals surface area contributed by atoms with E-state index in [-0.39, 0.29) is 28.9 Å². The summed E-state index contributed by atoms with van der Waals surface area (Å²) in [4.78, 5) is 14.8. The van der Waals surface area contributed by atoms with Gasteiger partial charge in [-0.2, -0.15) is 0 Å². The van der Waals surface area contributed by atoms with Crippen molar-refractivity contribution >= 4 is 5.91 Å². The zero-order valence-electron chi connectivity index (χ0n) is 19.0. The largest absolute Gasteiger partial charge is 0.393 e. The van der Waals surface area contributed by atoms with E-state index in [4.69, 9.17) is 0 Å². The van der Waals surface area contributed by atoms with Gasteiger partial charge in [-0.3, -0.25) is 4.79 Å². The van der Waals surface area contributed by atoms with Crippen molar-refractivity contribution in [3.63, 3.8) is 0 Å². The number of benzene rings is 1. The molecule has 0 aromatic heterocycles. The van der Waals surface area contributed by atoms with E-state index < -0.39 is 0 Å². The molecule has 3 nitrogen and oxygen atoms in total. The number of amides is 1. The van der Waals surface area contributed by atoms with Crippen LogP contribution in [0, 0.1) is 41.4 Å². The minimum atomic E-state index is -0.144. The van der Waals surface area contributed by atoms with Gasteiger partial charge in [-0.25, -0.2) is 0 Å². The highest BCUT2D eigenvalue weighted by molar-refractivity contribution is 5.89. The molecule has 1 aliphatic heterocycles. The molecule has 1 N–H and O–H groups in total. The van der Waals surface area contributed by atoms with E-state index in [0.29, 0.717) is 23.7 Å². The molecule has 1 heterocycles. The van der Waals surface area contributed by atoms with Gasteiger partial charge in [-0.15, -0.1) is 0 Å². The molecule has 30 heavy (non-hydrogen) atoms. The van der Waals surface area contributed by atoms with Crippen molar-refractivity contribution in [1.82, 2.24) is 4.90 Å². The Labute approximate surface area is 181 Å². The summed E-state index contributed by atoms with van der Waals surface area (Å²) in [5.41, 5.74) is 2.88. The number of aryl methyl sites for hydroxylation is 1. The second kappa shape index (κ2) is 6.95. The molecule has 162 valence electrons. The van der Waals surface area contributed by atoms with Gasteiger partial charge in [0.2, 0.25) is 5.91 Å². The van der Waals surface area contributed by atoms with Crippen LogP contribution >= 0.6 is 0 Å². The first-order chi connectivity index (χ1) is 14.3. The van der Waals surface area contributed by atoms with Crippen molar-refractivity contribution in [3.05, 3.63) is 47.5 Å². The third-order valence-corrected chi connectivity index (χ3v) is 9.94. The molecule has 5 rings (SSSR count). The third-order valence-electron chi connectivity index (χ3n) is 9.94. The molecule has 1 amide bonds. The quantitative estimate of drug-likeness (QED) is 0.768. The van der Waals surface area contributed by atoms with Gasteiger partial charge < -0.3 is 10.0 Å². The summed E-state index contributed by atoms with van der Waals surface area (Å²) in [7, 11) is 2.02. The van der Waals surface area contributed by atoms with Crippen molar-refractivity contribution in [2.45, 2.75) is 71.4 Å². The van der Waals surface area contributed by atoms with Crippen LogP contribution < -0.4 is 0 Å². The smallest absolute Gasteiger partial charge is 0.246 e. The van der Waals surface area contributed by atoms with E-state index in [0.717, 1.165) is 25.7 Å². The fourth-order valence-corrected chi connectivity index (χ4v) is 8.34. The number of aliphatic hydroxyl groups is 1. The highest BCUT2D eigenvalue weighted by atomic mass is 16.3. The average molecular weight is 408 g/mol. The summed E-state index contributed by atoms with van der Waals surface area (Å²) in [6.07, 6.45) is 10.6. The number of carbonyl (C=O) groups is 1. The van der Waals surface area contributed by atoms with Crippen molar-refractivity contribution in [1.29, 1.82) is 0 Å². The Morgan fingerprint density at radius 2 is 1.90 bits per heavy atom. The summed E-state index contributed by atoms with van der Waals surface area (Å²) in [6, 6.07) is 9.00. The van der Waals surface area contributed by atoms with Crippen molar-refractivity contribution < 1.29 is 9.90 Å². The SMILES string of the molecule is Cc1ccccc1C[C@@H]1C[C@@H]2[C@H](CC[C@]3(C)[C@@H](O)CC[C@@H]23)[C@@]2(C)C=CC(=O)N(C)[C@H]12. The molecule has 3 heteroatoms. The van der Waals surface area contributed by atoms with E-state index in [2.05, 4.69) is 56.0 Å². The molecule has 8 atom stereocenters. The lowest BCUT2D eigenvalue weighted by Crippen LogP contribution is -2.63. The lowest BCUT2D eigenvalue weighted by Gasteiger charge is -2.62. The molecule has 4 aliphatic rings. The Morgan fingerprint density at radius 3 is 2.67 bits per heavy atom. The maximum Gasteiger partial charge on any atom is 0.246 e. The highest BCUT2D eigenvalue weighted by Crippen LogP contribution is 2.65. The maximum absolute atomic E-state index is 12.7. The molecule has 0 spiro atoms. The fraction of sp³-hybridized carbons (Fsp3) is 0.667. The number of carbonyl (C=O) groups excluding carboxylic acids is 1. The molecule has 1 aromatic rings. The number of nitrogens with zero attached hydrogens (tertiary/aromatic N) is 1. The van der Waals surface area contributed by atoms with Gasteiger partial charge in [-0.1, -0.05) is 44.2 Å². The molecule has 0 unspecified atom stereocenters. The molecule has 3 saturated carbocycles. The first kappa shape index (κ1) is 20.3. The van der Waals surface area contributed by atoms with Crippen molar-refractivity contribution in [2.24, 2.45) is 34.5 Å². The van der Waals surface area contributed by atoms with E-state index in [1.807, 2.05) is 13.1 Å². The normalized spacial score (nSPS) is 45.1. The zero-order valence-corrected chi connectivity index (χ0v) is 19.0. The van der Waals surface area contributed by atoms with E-state index >= 15 is 0 Å². The summed E-state index contributed by atoms with van der Waals surface area (Å²) in [5.74, 6) is 2.46. The second-order valence-corrected chi connectivity index (χ2v) is 11.2. The van der Waals surface area contributed by atoms with Gasteiger partial charge in [0, 0.05) is 18.5 Å². The summed E-state index contributed by atoms with van der Waals surface area (Å²) < 4.78 is 0. The number of hydrogen-bond donors (Lipinski definition) is 1. The van der Waals surface area contributed by atoms with E-state index in [9.17, 15) is 9.90 Å². The Bertz CT molecular complexity index is 877. The summed E-state index contributed by atoms with van der Waals surface area (Å²) >= 11 is 0. The number of rotatable bonds is 2. The van der Waals surface area contributed by atoms with Crippen LogP contribution in [0.3, 0.4) is 0 Å². The lowest BCUT2D eigenvalue weighted by molar-refractivity contribution is -0.148. The number of aliphatic hydroxyl groups excluding tert-OH is 1. The van der Waals surface area contributed by atoms with Crippen LogP contribution in [0.5, 0.6) is 0 Å². The summed E-state index contributed by atoms with van der Waals surface area (Å²) in [6.45, 7) is 6.98. The van der Waals surface area contributed by atoms with Crippen LogP contribution in [-0.4, -0.2) is 35.1 Å². The molecule has 1 aromatic carbocycles. The Morgan fingerprint density at radius 1 is 1.13 bits per heavy atom. The second-order valence-electron chi connectivity index (χ2n) is 11.2. The third kappa shape index (κ3) is 2.77. The molecule has 0 saturated heterocycles. The van der Waals surface area contributed by atoms with Crippen molar-refractivity contribution in [2.75, 3.05) is 7.05 Å². The van der Waals surface area contributed by atoms with Gasteiger partial charge in [0.25, 0.3) is 0 Å². The minimum Gasteiger partial charge on any atom is -0.393 e. The van der Waals surface area contributed by atoms with Gasteiger partial charge in [0.15, 0.2) is 0 Å². The highest BCUT2D eigenvalue weighted by Gasteiger charge is 2.62. The topological polar surface area (TPSA) is 40.5 Å². The van der Waals surface area contributed by atoms with Crippen molar-refractivity contribution in [3.8, 4) is 0 Å². The molecular formula is C27H37NO2. The van der Waals surface area contributed by atoms with Gasteiger partial charge >= 0.3 is 0 Å². The Hall–Kier alpha value is -1.61. The summed E-state index contributed by atoms with van der Waals surface area (Å²) in [5, 5.41) is 10.8. The van der Waals surface area contributed by atoms with Gasteiger partial charge in [0.1, 0.15) is 0 Å². The van der Waals surface area contributed by atoms with Gasteiger partial charge in [0.05, 0.1) is 6.10 Å². The Balaban J connectivity index is 1.56. The van der Waals surface area contributed by atoms with Crippen LogP contribution in [-0.2, 0) is 11.2 Å². The molecule has 0 radical (unpaired) electrons. The van der Waals surface area contributed by atoms with Crippen LogP contribution in [0.15, 0.2) is 36.4 Å². The Kier molecular flexibility index (Phi) is 4.70. The van der Waals surface area contributed by atoms with Crippen LogP contribution in [0.4, 0.5) is 0 Å². The van der Waals surface area contributed by atoms with E-state index in [1.165, 1.54) is 24.0 Å². The standard InChI is InChI=1S/C27H37NO2/c1-17-7-5-6-8-18(17)15-19-16-20-21-9-10-23(29)26(21,2)13-11-22(20)27(3)14-12-24(30)28(4)25(19)27/h5-8,12,14,19-23,25,29H,9-11,13,15-16H2,1-4H3/t19-,20+,21+,22+,23+,25-,26+,27-/m1/s1. The number of fused-ring (bicyclic) bond motifs is 5. The zero-order chi connectivity index (χ0) is 21.3. The van der Waals surface area contributed by atoms with Gasteiger partial charge in [-0.05, 0) is 91.7 Å². The maximum atomic E-state index is 12.7. The monoisotopic (exact) mass is 407 g/mol. The predicted molar refractivity (Wildman–Crippen MR) is 120 cm³/mol. The predicted octanol–water partition coefficient (Wildman–Crippen LogP) is 4.76. The van der Waals surface area contributed by atoms with Crippen LogP contribution in [0.1, 0.15) is 57.1 Å². The molecule has 3 aliphatic carbocycles. The molecule has 0 bridgehead atoms. The molecule has 3 fully saturated rings. The first-order valence-corrected chi connectivity index (χ1v) is 11.9. The van der Waals surface area contributed by atoms with Crippen LogP contribution in [0.25, 0.3) is 0 Å². The lowest BCUT2D eigenvalue weighted by atomic mass is 9.46. The number of hydrogen-bond acceptors (Lipinski definition) is 2. The molecular weight excluding hydrogens is 370 g/mol. The average Bonchev–Trinajstić information content (AvgIpc) is 3.02. The number of likely N-dealkylation sites (N-methyl/N-ethyl adjacent to an activating group) is 1. The van der Waals surface area contributed by atoms with Crippen LogP contribution in [0.2, 0.25) is 0 Å². The fourth-order valence-electron chi connectivity index (χ4n) is 8.34. The minimum absolute atomic E-state index is 0.0216. The first-order valence-electron chi connectivity index (χ1n) is 11.9.